The van der Waals surface area contributed by atoms with Crippen LogP contribution in [0.4, 0.5) is 13.2 Å². The molecule has 1 atom stereocenters. The van der Waals surface area contributed by atoms with Gasteiger partial charge in [-0.1, -0.05) is 12.1 Å². The summed E-state index contributed by atoms with van der Waals surface area (Å²) in [6.07, 6.45) is -4.90. The highest BCUT2D eigenvalue weighted by atomic mass is 19.4. The van der Waals surface area contributed by atoms with E-state index in [9.17, 15) is 23.1 Å². The Kier molecular flexibility index (Phi) is 5.27. The van der Waals surface area contributed by atoms with Crippen LogP contribution in [0, 0.1) is 0 Å². The number of rotatable bonds is 5. The van der Waals surface area contributed by atoms with Gasteiger partial charge in [-0.15, -0.1) is 0 Å². The van der Waals surface area contributed by atoms with Gasteiger partial charge in [0.1, 0.15) is 0 Å². The van der Waals surface area contributed by atoms with Gasteiger partial charge in [-0.25, -0.2) is 0 Å². The Labute approximate surface area is 138 Å². The van der Waals surface area contributed by atoms with Crippen LogP contribution in [0.1, 0.15) is 18.4 Å². The van der Waals surface area contributed by atoms with Crippen LogP contribution in [0.5, 0.6) is 11.5 Å². The molecule has 1 aliphatic rings. The fourth-order valence-corrected chi connectivity index (χ4v) is 2.79. The smallest absolute Gasteiger partial charge is 0.419 e. The highest BCUT2D eigenvalue weighted by molar-refractivity contribution is 5.77. The summed E-state index contributed by atoms with van der Waals surface area (Å²) in [4.78, 5) is 13.2. The minimum absolute atomic E-state index is 0.0253. The first-order valence-corrected chi connectivity index (χ1v) is 7.48. The molecule has 0 aliphatic carbocycles. The third-order valence-corrected chi connectivity index (χ3v) is 4.22. The molecule has 0 radical (unpaired) electrons. The standard InChI is InChI=1S/C16H20F3NO4/c1-23-12-5-3-4-11(14(12)24-2)6-7-13(21)20-9-8-15(22,10-20)16(17,18)19/h3-5,22H,6-10H2,1-2H3. The highest BCUT2D eigenvalue weighted by Crippen LogP contribution is 2.38. The summed E-state index contributed by atoms with van der Waals surface area (Å²) < 4.78 is 48.8. The number of amides is 1. The van der Waals surface area contributed by atoms with E-state index in [2.05, 4.69) is 0 Å². The van der Waals surface area contributed by atoms with Gasteiger partial charge in [0.05, 0.1) is 20.8 Å². The number of aliphatic hydroxyl groups is 1. The maximum atomic E-state index is 12.8. The molecular weight excluding hydrogens is 327 g/mol. The second-order valence-electron chi connectivity index (χ2n) is 5.75. The van der Waals surface area contributed by atoms with Gasteiger partial charge in [0.25, 0.3) is 0 Å². The van der Waals surface area contributed by atoms with Gasteiger partial charge < -0.3 is 19.5 Å². The number of benzene rings is 1. The average molecular weight is 347 g/mol. The summed E-state index contributed by atoms with van der Waals surface area (Å²) in [6, 6.07) is 5.23. The number of hydrogen-bond donors (Lipinski definition) is 1. The molecule has 0 spiro atoms. The Morgan fingerprint density at radius 3 is 2.58 bits per heavy atom. The van der Waals surface area contributed by atoms with E-state index in [0.29, 0.717) is 17.9 Å². The van der Waals surface area contributed by atoms with Crippen molar-refractivity contribution in [3.05, 3.63) is 23.8 Å². The molecule has 1 aromatic carbocycles. The van der Waals surface area contributed by atoms with Crippen molar-refractivity contribution in [2.24, 2.45) is 0 Å². The average Bonchev–Trinajstić information content (AvgIpc) is 2.95. The molecular formula is C16H20F3NO4. The van der Waals surface area contributed by atoms with Gasteiger partial charge in [-0.2, -0.15) is 13.2 Å². The van der Waals surface area contributed by atoms with Crippen LogP contribution in [-0.2, 0) is 11.2 Å². The SMILES string of the molecule is COc1cccc(CCC(=O)N2CCC(O)(C(F)(F)F)C2)c1OC. The van der Waals surface area contributed by atoms with Gasteiger partial charge in [-0.05, 0) is 18.1 Å². The maximum Gasteiger partial charge on any atom is 0.419 e. The molecule has 1 unspecified atom stereocenters. The summed E-state index contributed by atoms with van der Waals surface area (Å²) in [7, 11) is 2.97. The van der Waals surface area contributed by atoms with Crippen molar-refractivity contribution in [3.63, 3.8) is 0 Å². The van der Waals surface area contributed by atoms with Crippen molar-refractivity contribution in [1.29, 1.82) is 0 Å². The van der Waals surface area contributed by atoms with Crippen molar-refractivity contribution in [2.75, 3.05) is 27.3 Å². The Balaban J connectivity index is 2.00. The Hall–Kier alpha value is -1.96. The summed E-state index contributed by atoms with van der Waals surface area (Å²) >= 11 is 0. The van der Waals surface area contributed by atoms with E-state index in [1.807, 2.05) is 0 Å². The van der Waals surface area contributed by atoms with Crippen LogP contribution in [0.3, 0.4) is 0 Å². The lowest BCUT2D eigenvalue weighted by molar-refractivity contribution is -0.253. The predicted octanol–water partition coefficient (Wildman–Crippen LogP) is 2.16. The molecule has 0 bridgehead atoms. The third kappa shape index (κ3) is 3.58. The van der Waals surface area contributed by atoms with E-state index >= 15 is 0 Å². The van der Waals surface area contributed by atoms with E-state index in [0.717, 1.165) is 10.5 Å². The first-order valence-electron chi connectivity index (χ1n) is 7.48. The second kappa shape index (κ2) is 6.88. The zero-order chi connectivity index (χ0) is 18.0. The summed E-state index contributed by atoms with van der Waals surface area (Å²) in [5.41, 5.74) is -2.08. The molecule has 5 nitrogen and oxygen atoms in total. The molecule has 1 aliphatic heterocycles. The molecule has 0 aromatic heterocycles. The number of carbonyl (C=O) groups is 1. The third-order valence-electron chi connectivity index (χ3n) is 4.22. The lowest BCUT2D eigenvalue weighted by Gasteiger charge is -2.26. The molecule has 1 fully saturated rings. The number of methoxy groups -OCH3 is 2. The fourth-order valence-electron chi connectivity index (χ4n) is 2.79. The number of para-hydroxylation sites is 1. The Morgan fingerprint density at radius 1 is 1.33 bits per heavy atom. The molecule has 134 valence electrons. The molecule has 1 saturated heterocycles. The molecule has 1 amide bonds. The van der Waals surface area contributed by atoms with Gasteiger partial charge in [0, 0.05) is 19.4 Å². The molecule has 2 rings (SSSR count). The van der Waals surface area contributed by atoms with Crippen LogP contribution in [0.25, 0.3) is 0 Å². The molecule has 0 saturated carbocycles. The lowest BCUT2D eigenvalue weighted by atomic mass is 10.0. The van der Waals surface area contributed by atoms with E-state index in [-0.39, 0.29) is 13.0 Å². The van der Waals surface area contributed by atoms with Crippen molar-refractivity contribution in [3.8, 4) is 11.5 Å². The molecule has 1 heterocycles. The first-order chi connectivity index (χ1) is 11.2. The monoisotopic (exact) mass is 347 g/mol. The second-order valence-corrected chi connectivity index (χ2v) is 5.75. The van der Waals surface area contributed by atoms with E-state index < -0.39 is 30.7 Å². The van der Waals surface area contributed by atoms with Crippen LogP contribution >= 0.6 is 0 Å². The maximum absolute atomic E-state index is 12.8. The van der Waals surface area contributed by atoms with Crippen molar-refractivity contribution in [2.45, 2.75) is 31.0 Å². The van der Waals surface area contributed by atoms with Gasteiger partial charge >= 0.3 is 6.18 Å². The molecule has 8 heteroatoms. The number of hydrogen-bond acceptors (Lipinski definition) is 4. The van der Waals surface area contributed by atoms with Gasteiger partial charge in [0.2, 0.25) is 5.91 Å². The van der Waals surface area contributed by atoms with Crippen molar-refractivity contribution >= 4 is 5.91 Å². The van der Waals surface area contributed by atoms with Crippen LogP contribution in [-0.4, -0.2) is 55.0 Å². The predicted molar refractivity (Wildman–Crippen MR) is 80.1 cm³/mol. The minimum Gasteiger partial charge on any atom is -0.493 e. The number of alkyl halides is 3. The van der Waals surface area contributed by atoms with Crippen LogP contribution in [0.2, 0.25) is 0 Å². The van der Waals surface area contributed by atoms with Gasteiger partial charge in [0.15, 0.2) is 17.1 Å². The molecule has 1 N–H and O–H groups in total. The summed E-state index contributed by atoms with van der Waals surface area (Å²) in [6.45, 7) is -0.825. The minimum atomic E-state index is -4.74. The number of nitrogens with zero attached hydrogens (tertiary/aromatic N) is 1. The number of carbonyl (C=O) groups excluding carboxylic acids is 1. The zero-order valence-corrected chi connectivity index (χ0v) is 13.5. The normalized spacial score (nSPS) is 21.0. The number of halogens is 3. The zero-order valence-electron chi connectivity index (χ0n) is 13.5. The molecule has 1 aromatic rings. The van der Waals surface area contributed by atoms with E-state index in [1.54, 1.807) is 18.2 Å². The first kappa shape index (κ1) is 18.4. The fraction of sp³-hybridized carbons (Fsp3) is 0.562. The van der Waals surface area contributed by atoms with E-state index in [4.69, 9.17) is 9.47 Å². The number of aryl methyl sites for hydroxylation is 1. The quantitative estimate of drug-likeness (QED) is 0.887. The topological polar surface area (TPSA) is 59.0 Å². The van der Waals surface area contributed by atoms with Crippen molar-refractivity contribution in [1.82, 2.24) is 4.90 Å². The van der Waals surface area contributed by atoms with Crippen LogP contribution in [0.15, 0.2) is 18.2 Å². The number of likely N-dealkylation sites (tertiary alicyclic amines) is 1. The summed E-state index contributed by atoms with van der Waals surface area (Å²) in [5, 5.41) is 9.63. The van der Waals surface area contributed by atoms with Crippen molar-refractivity contribution < 1.29 is 32.5 Å². The highest BCUT2D eigenvalue weighted by Gasteiger charge is 2.57. The number of β-amino-alcohol motifs (C(OH)–C–C–N with tert-alkyl or cyclic N) is 1. The molecule has 24 heavy (non-hydrogen) atoms. The largest absolute Gasteiger partial charge is 0.493 e. The Bertz CT molecular complexity index is 605. The summed E-state index contributed by atoms with van der Waals surface area (Å²) in [5.74, 6) is 0.594. The lowest BCUT2D eigenvalue weighted by Crippen LogP contribution is -2.48. The van der Waals surface area contributed by atoms with Gasteiger partial charge in [-0.3, -0.25) is 4.79 Å². The number of ether oxygens (including phenoxy) is 2. The van der Waals surface area contributed by atoms with E-state index in [1.165, 1.54) is 14.2 Å². The Morgan fingerprint density at radius 2 is 2.04 bits per heavy atom. The van der Waals surface area contributed by atoms with Crippen LogP contribution < -0.4 is 9.47 Å².